The number of benzene rings is 1. The van der Waals surface area contributed by atoms with Gasteiger partial charge in [-0.3, -0.25) is 14.9 Å². The van der Waals surface area contributed by atoms with Gasteiger partial charge in [-0.2, -0.15) is 5.21 Å². The largest absolute Gasteiger partial charge is 0.319 e. The smallest absolute Gasteiger partial charge is 0.297 e. The highest BCUT2D eigenvalue weighted by molar-refractivity contribution is 6.01. The number of H-pyrrole nitrogens is 1. The zero-order valence-electron chi connectivity index (χ0n) is 9.25. The number of aromatic amines is 1. The van der Waals surface area contributed by atoms with E-state index < -0.39 is 10.8 Å². The van der Waals surface area contributed by atoms with Crippen molar-refractivity contribution < 1.29 is 9.72 Å². The van der Waals surface area contributed by atoms with Crippen LogP contribution in [-0.2, 0) is 0 Å². The fourth-order valence-electron chi connectivity index (χ4n) is 1.38. The number of hydrogen-bond acceptors (Lipinski definition) is 6. The molecule has 2 aromatic rings. The van der Waals surface area contributed by atoms with Crippen LogP contribution in [0.3, 0.4) is 0 Å². The Labute approximate surface area is 100 Å². The molecule has 1 aromatic carbocycles. The molecule has 0 aliphatic heterocycles. The Bertz CT molecular complexity index is 594. The molecule has 1 amide bonds. The first kappa shape index (κ1) is 11.6. The van der Waals surface area contributed by atoms with Crippen molar-refractivity contribution in [2.75, 3.05) is 5.32 Å². The zero-order valence-corrected chi connectivity index (χ0v) is 9.25. The molecule has 2 rings (SSSR count). The molecule has 0 aliphatic carbocycles. The third kappa shape index (κ3) is 2.29. The molecule has 0 radical (unpaired) electrons. The van der Waals surface area contributed by atoms with Gasteiger partial charge in [0.1, 0.15) is 0 Å². The number of nitro benzene ring substituents is 1. The second-order valence-electron chi connectivity index (χ2n) is 3.45. The molecular formula is C9H8N6O3. The molecule has 9 nitrogen and oxygen atoms in total. The van der Waals surface area contributed by atoms with Crippen molar-refractivity contribution >= 4 is 17.3 Å². The molecule has 92 valence electrons. The number of aryl methyl sites for hydroxylation is 1. The lowest BCUT2D eigenvalue weighted by molar-refractivity contribution is -0.385. The van der Waals surface area contributed by atoms with E-state index in [2.05, 4.69) is 25.9 Å². The summed E-state index contributed by atoms with van der Waals surface area (Å²) in [7, 11) is 0. The molecule has 0 fully saturated rings. The van der Waals surface area contributed by atoms with E-state index in [1.165, 1.54) is 18.2 Å². The Balaban J connectivity index is 2.18. The first-order valence-corrected chi connectivity index (χ1v) is 4.88. The number of rotatable bonds is 3. The second kappa shape index (κ2) is 4.57. The predicted octanol–water partition coefficient (Wildman–Crippen LogP) is 0.669. The molecule has 2 N–H and O–H groups in total. The van der Waals surface area contributed by atoms with Crippen molar-refractivity contribution in [3.8, 4) is 0 Å². The molecule has 0 saturated heterocycles. The van der Waals surface area contributed by atoms with E-state index in [4.69, 9.17) is 0 Å². The molecular weight excluding hydrogens is 240 g/mol. The van der Waals surface area contributed by atoms with Gasteiger partial charge < -0.3 is 5.32 Å². The maximum absolute atomic E-state index is 11.6. The molecule has 0 spiro atoms. The van der Waals surface area contributed by atoms with Gasteiger partial charge in [-0.25, -0.2) is 0 Å². The zero-order chi connectivity index (χ0) is 13.1. The predicted molar refractivity (Wildman–Crippen MR) is 60.0 cm³/mol. The van der Waals surface area contributed by atoms with Crippen LogP contribution in [0.4, 0.5) is 11.4 Å². The number of anilines is 1. The van der Waals surface area contributed by atoms with Crippen LogP contribution in [0, 0.1) is 17.0 Å². The highest BCUT2D eigenvalue weighted by Gasteiger charge is 2.14. The fourth-order valence-corrected chi connectivity index (χ4v) is 1.38. The molecule has 0 unspecified atom stereocenters. The summed E-state index contributed by atoms with van der Waals surface area (Å²) in [6, 6.07) is 4.25. The number of carbonyl (C=O) groups excluding carboxylic acids is 1. The van der Waals surface area contributed by atoms with Gasteiger partial charge in [0.05, 0.1) is 4.92 Å². The molecule has 0 atom stereocenters. The van der Waals surface area contributed by atoms with E-state index in [0.29, 0.717) is 11.3 Å². The fraction of sp³-hybridized carbons (Fsp3) is 0.111. The monoisotopic (exact) mass is 248 g/mol. The van der Waals surface area contributed by atoms with Crippen LogP contribution in [0.25, 0.3) is 0 Å². The molecule has 0 bridgehead atoms. The SMILES string of the molecule is Cc1cc(NC(=O)c2nn[nH]n2)ccc1[N+](=O)[O-]. The first-order chi connectivity index (χ1) is 8.58. The van der Waals surface area contributed by atoms with Crippen LogP contribution in [0.2, 0.25) is 0 Å². The Morgan fingerprint density at radius 3 is 2.83 bits per heavy atom. The molecule has 1 aromatic heterocycles. The van der Waals surface area contributed by atoms with Crippen molar-refractivity contribution in [1.29, 1.82) is 0 Å². The van der Waals surface area contributed by atoms with Gasteiger partial charge in [-0.15, -0.1) is 10.2 Å². The topological polar surface area (TPSA) is 127 Å². The minimum absolute atomic E-state index is 0.00689. The van der Waals surface area contributed by atoms with Crippen molar-refractivity contribution in [2.24, 2.45) is 0 Å². The van der Waals surface area contributed by atoms with Gasteiger partial charge in [0.25, 0.3) is 17.4 Å². The average molecular weight is 248 g/mol. The minimum Gasteiger partial charge on any atom is -0.319 e. The highest BCUT2D eigenvalue weighted by atomic mass is 16.6. The molecule has 0 saturated carbocycles. The number of nitrogens with one attached hydrogen (secondary N) is 2. The highest BCUT2D eigenvalue weighted by Crippen LogP contribution is 2.21. The van der Waals surface area contributed by atoms with E-state index in [9.17, 15) is 14.9 Å². The molecule has 0 aliphatic rings. The summed E-state index contributed by atoms with van der Waals surface area (Å²) in [6.07, 6.45) is 0. The van der Waals surface area contributed by atoms with Crippen molar-refractivity contribution in [3.05, 3.63) is 39.7 Å². The van der Waals surface area contributed by atoms with Crippen LogP contribution >= 0.6 is 0 Å². The number of nitrogens with zero attached hydrogens (tertiary/aromatic N) is 4. The number of carbonyl (C=O) groups is 1. The number of hydrogen-bond donors (Lipinski definition) is 2. The third-order valence-electron chi connectivity index (χ3n) is 2.20. The van der Waals surface area contributed by atoms with Crippen LogP contribution < -0.4 is 5.32 Å². The van der Waals surface area contributed by atoms with Gasteiger partial charge in [0.15, 0.2) is 0 Å². The lowest BCUT2D eigenvalue weighted by Gasteiger charge is -2.03. The number of amides is 1. The third-order valence-corrected chi connectivity index (χ3v) is 2.20. The lowest BCUT2D eigenvalue weighted by atomic mass is 10.2. The van der Waals surface area contributed by atoms with E-state index in [1.54, 1.807) is 6.92 Å². The van der Waals surface area contributed by atoms with Gasteiger partial charge in [-0.1, -0.05) is 0 Å². The summed E-state index contributed by atoms with van der Waals surface area (Å²) < 4.78 is 0. The van der Waals surface area contributed by atoms with Gasteiger partial charge in [-0.05, 0) is 24.3 Å². The average Bonchev–Trinajstić information content (AvgIpc) is 2.81. The lowest BCUT2D eigenvalue weighted by Crippen LogP contribution is -2.14. The maximum atomic E-state index is 11.6. The summed E-state index contributed by atoms with van der Waals surface area (Å²) in [5, 5.41) is 25.6. The Morgan fingerprint density at radius 2 is 2.28 bits per heavy atom. The summed E-state index contributed by atoms with van der Waals surface area (Å²) in [4.78, 5) is 21.7. The standard InChI is InChI=1S/C9H8N6O3/c1-5-4-6(2-3-7(5)15(17)18)10-9(16)8-11-13-14-12-8/h2-4H,1H3,(H,10,16)(H,11,12,13,14). The first-order valence-electron chi connectivity index (χ1n) is 4.88. The number of aromatic nitrogens is 4. The Kier molecular flexibility index (Phi) is 2.96. The van der Waals surface area contributed by atoms with Crippen molar-refractivity contribution in [2.45, 2.75) is 6.92 Å². The summed E-state index contributed by atoms with van der Waals surface area (Å²) >= 11 is 0. The van der Waals surface area contributed by atoms with E-state index >= 15 is 0 Å². The number of nitro groups is 1. The second-order valence-corrected chi connectivity index (χ2v) is 3.45. The number of tetrazole rings is 1. The molecule has 1 heterocycles. The van der Waals surface area contributed by atoms with Crippen molar-refractivity contribution in [1.82, 2.24) is 20.6 Å². The maximum Gasteiger partial charge on any atom is 0.297 e. The Morgan fingerprint density at radius 1 is 1.50 bits per heavy atom. The van der Waals surface area contributed by atoms with E-state index in [0.717, 1.165) is 0 Å². The van der Waals surface area contributed by atoms with Gasteiger partial charge >= 0.3 is 0 Å². The van der Waals surface area contributed by atoms with Crippen LogP contribution in [0.15, 0.2) is 18.2 Å². The van der Waals surface area contributed by atoms with Gasteiger partial charge in [0, 0.05) is 17.3 Å². The molecule has 18 heavy (non-hydrogen) atoms. The normalized spacial score (nSPS) is 10.1. The van der Waals surface area contributed by atoms with Crippen LogP contribution in [0.1, 0.15) is 16.2 Å². The molecule has 9 heteroatoms. The van der Waals surface area contributed by atoms with Crippen LogP contribution in [-0.4, -0.2) is 31.5 Å². The summed E-state index contributed by atoms with van der Waals surface area (Å²) in [6.45, 7) is 1.59. The van der Waals surface area contributed by atoms with E-state index in [1.807, 2.05) is 0 Å². The Hall–Kier alpha value is -2.84. The minimum atomic E-state index is -0.544. The quantitative estimate of drug-likeness (QED) is 0.607. The van der Waals surface area contributed by atoms with Crippen LogP contribution in [0.5, 0.6) is 0 Å². The van der Waals surface area contributed by atoms with E-state index in [-0.39, 0.29) is 11.5 Å². The van der Waals surface area contributed by atoms with Gasteiger partial charge in [0.2, 0.25) is 0 Å². The van der Waals surface area contributed by atoms with Crippen molar-refractivity contribution in [3.63, 3.8) is 0 Å². The summed E-state index contributed by atoms with van der Waals surface area (Å²) in [5.41, 5.74) is 0.867. The summed E-state index contributed by atoms with van der Waals surface area (Å²) in [5.74, 6) is -0.650.